The van der Waals surface area contributed by atoms with Crippen molar-refractivity contribution in [3.05, 3.63) is 67.3 Å². The van der Waals surface area contributed by atoms with Gasteiger partial charge in [0.2, 0.25) is 0 Å². The highest BCUT2D eigenvalue weighted by atomic mass is 14.2. The molecule has 0 fully saturated rings. The zero-order valence-electron chi connectivity index (χ0n) is 15.8. The molecule has 0 heteroatoms. The van der Waals surface area contributed by atoms with Crippen molar-refractivity contribution in [1.29, 1.82) is 0 Å². The van der Waals surface area contributed by atoms with Crippen LogP contribution in [0.2, 0.25) is 0 Å². The highest BCUT2D eigenvalue weighted by molar-refractivity contribution is 5.53. The van der Waals surface area contributed by atoms with Crippen LogP contribution >= 0.6 is 0 Å². The van der Waals surface area contributed by atoms with Crippen molar-refractivity contribution >= 4 is 0 Å². The lowest BCUT2D eigenvalue weighted by Gasteiger charge is -2.21. The minimum absolute atomic E-state index is 1.06. The van der Waals surface area contributed by atoms with Crippen LogP contribution in [-0.2, 0) is 6.42 Å². The number of benzene rings is 2. The van der Waals surface area contributed by atoms with Gasteiger partial charge in [0.05, 0.1) is 0 Å². The van der Waals surface area contributed by atoms with E-state index < -0.39 is 0 Å². The fourth-order valence-electron chi connectivity index (χ4n) is 3.58. The summed E-state index contributed by atoms with van der Waals surface area (Å²) in [6, 6.07) is 2.32. The summed E-state index contributed by atoms with van der Waals surface area (Å²) < 4.78 is 0. The van der Waals surface area contributed by atoms with Gasteiger partial charge in [0.25, 0.3) is 0 Å². The summed E-state index contributed by atoms with van der Waals surface area (Å²) in [4.78, 5) is 0. The molecule has 0 aliphatic heterocycles. The van der Waals surface area contributed by atoms with Crippen LogP contribution in [0.5, 0.6) is 0 Å². The van der Waals surface area contributed by atoms with Crippen molar-refractivity contribution in [2.75, 3.05) is 0 Å². The molecule has 0 atom stereocenters. The van der Waals surface area contributed by atoms with Gasteiger partial charge in [0, 0.05) is 0 Å². The molecule has 0 aliphatic rings. The molecule has 0 radical (unpaired) electrons. The third-order valence-corrected chi connectivity index (χ3v) is 6.03. The van der Waals surface area contributed by atoms with E-state index in [2.05, 4.69) is 68.4 Å². The largest absolute Gasteiger partial charge is 0.0558 e. The zero-order chi connectivity index (χ0) is 16.8. The fraction of sp³-hybridized carbons (Fsp3) is 0.455. The second-order valence-corrected chi connectivity index (χ2v) is 7.02. The topological polar surface area (TPSA) is 0 Å². The monoisotopic (exact) mass is 294 g/mol. The molecule has 2 aromatic carbocycles. The summed E-state index contributed by atoms with van der Waals surface area (Å²) >= 11 is 0. The van der Waals surface area contributed by atoms with E-state index >= 15 is 0 Å². The van der Waals surface area contributed by atoms with E-state index in [0.717, 1.165) is 6.42 Å². The first-order chi connectivity index (χ1) is 10.2. The predicted molar refractivity (Wildman–Crippen MR) is 98.3 cm³/mol. The van der Waals surface area contributed by atoms with Crippen LogP contribution in [0.25, 0.3) is 0 Å². The molecule has 0 N–H and O–H groups in total. The highest BCUT2D eigenvalue weighted by Crippen LogP contribution is 2.31. The SMILES string of the molecule is Cc1cc(C)c(C)c(Cc2c(C)c(C)c(C)c(C)c2C)c1C. The number of aryl methyl sites for hydroxylation is 2. The predicted octanol–water partition coefficient (Wildman–Crippen LogP) is 6.05. The van der Waals surface area contributed by atoms with Gasteiger partial charge in [-0.1, -0.05) is 6.07 Å². The summed E-state index contributed by atoms with van der Waals surface area (Å²) in [5.74, 6) is 0. The fourth-order valence-corrected chi connectivity index (χ4v) is 3.58. The second-order valence-electron chi connectivity index (χ2n) is 7.02. The maximum atomic E-state index is 2.32. The summed E-state index contributed by atoms with van der Waals surface area (Å²) in [5, 5.41) is 0. The van der Waals surface area contributed by atoms with Crippen molar-refractivity contribution < 1.29 is 0 Å². The minimum Gasteiger partial charge on any atom is -0.0558 e. The van der Waals surface area contributed by atoms with Crippen molar-refractivity contribution in [1.82, 2.24) is 0 Å². The van der Waals surface area contributed by atoms with E-state index in [-0.39, 0.29) is 0 Å². The molecule has 22 heavy (non-hydrogen) atoms. The van der Waals surface area contributed by atoms with Crippen LogP contribution in [0.4, 0.5) is 0 Å². The molecule has 2 rings (SSSR count). The molecule has 0 amide bonds. The van der Waals surface area contributed by atoms with Crippen LogP contribution in [-0.4, -0.2) is 0 Å². The lowest BCUT2D eigenvalue weighted by Crippen LogP contribution is -2.07. The molecule has 0 bridgehead atoms. The minimum atomic E-state index is 1.06. The van der Waals surface area contributed by atoms with Gasteiger partial charge in [-0.25, -0.2) is 0 Å². The first kappa shape index (κ1) is 16.8. The van der Waals surface area contributed by atoms with Crippen molar-refractivity contribution in [3.63, 3.8) is 0 Å². The molecule has 2 aromatic rings. The zero-order valence-corrected chi connectivity index (χ0v) is 15.8. The van der Waals surface area contributed by atoms with E-state index in [9.17, 15) is 0 Å². The molecule has 0 nitrogen and oxygen atoms in total. The van der Waals surface area contributed by atoms with E-state index in [1.807, 2.05) is 0 Å². The normalized spacial score (nSPS) is 11.1. The summed E-state index contributed by atoms with van der Waals surface area (Å²) in [6.07, 6.45) is 1.06. The standard InChI is InChI=1S/C22H30/c1-12-10-13(2)15(4)21(14(12)3)11-22-19(8)17(6)16(5)18(7)20(22)9/h10H,11H2,1-9H3. The Balaban J connectivity index is 2.68. The van der Waals surface area contributed by atoms with E-state index in [4.69, 9.17) is 0 Å². The van der Waals surface area contributed by atoms with Gasteiger partial charge in [-0.05, 0) is 130 Å². The van der Waals surface area contributed by atoms with Crippen molar-refractivity contribution in [2.24, 2.45) is 0 Å². The molecule has 0 saturated heterocycles. The Morgan fingerprint density at radius 1 is 0.455 bits per heavy atom. The third-order valence-electron chi connectivity index (χ3n) is 6.03. The Labute approximate surface area is 136 Å². The Morgan fingerprint density at radius 2 is 0.773 bits per heavy atom. The number of hydrogen-bond acceptors (Lipinski definition) is 0. The van der Waals surface area contributed by atoms with Gasteiger partial charge in [-0.3, -0.25) is 0 Å². The van der Waals surface area contributed by atoms with Crippen LogP contribution in [0.15, 0.2) is 6.07 Å². The van der Waals surface area contributed by atoms with Gasteiger partial charge in [-0.15, -0.1) is 0 Å². The molecule has 0 heterocycles. The molecular weight excluding hydrogens is 264 g/mol. The molecule has 118 valence electrons. The first-order valence-corrected chi connectivity index (χ1v) is 8.28. The summed E-state index contributed by atoms with van der Waals surface area (Å²) in [7, 11) is 0. The third kappa shape index (κ3) is 2.60. The molecule has 0 saturated carbocycles. The van der Waals surface area contributed by atoms with Crippen LogP contribution in [0.1, 0.15) is 61.2 Å². The smallest absolute Gasteiger partial charge is 0.00149 e. The average Bonchev–Trinajstić information content (AvgIpc) is 2.48. The van der Waals surface area contributed by atoms with Crippen LogP contribution < -0.4 is 0 Å². The van der Waals surface area contributed by atoms with Gasteiger partial charge >= 0.3 is 0 Å². The second kappa shape index (κ2) is 5.91. The summed E-state index contributed by atoms with van der Waals surface area (Å²) in [6.45, 7) is 20.4. The number of rotatable bonds is 2. The number of hydrogen-bond donors (Lipinski definition) is 0. The van der Waals surface area contributed by atoms with Crippen molar-refractivity contribution in [3.8, 4) is 0 Å². The Morgan fingerprint density at radius 3 is 1.18 bits per heavy atom. The summed E-state index contributed by atoms with van der Waals surface area (Å²) in [5.41, 5.74) is 16.1. The van der Waals surface area contributed by atoms with Gasteiger partial charge in [0.1, 0.15) is 0 Å². The molecule has 0 spiro atoms. The lowest BCUT2D eigenvalue weighted by atomic mass is 9.83. The molecule has 0 unspecified atom stereocenters. The van der Waals surface area contributed by atoms with E-state index in [1.54, 1.807) is 0 Å². The Hall–Kier alpha value is -1.56. The van der Waals surface area contributed by atoms with E-state index in [0.29, 0.717) is 0 Å². The molecule has 0 aliphatic carbocycles. The van der Waals surface area contributed by atoms with E-state index in [1.165, 1.54) is 61.2 Å². The van der Waals surface area contributed by atoms with Gasteiger partial charge in [0.15, 0.2) is 0 Å². The van der Waals surface area contributed by atoms with Crippen molar-refractivity contribution in [2.45, 2.75) is 68.7 Å². The lowest BCUT2D eigenvalue weighted by molar-refractivity contribution is 1.03. The maximum Gasteiger partial charge on any atom is -0.00149 e. The highest BCUT2D eigenvalue weighted by Gasteiger charge is 2.15. The Bertz CT molecular complexity index is 690. The quantitative estimate of drug-likeness (QED) is 0.632. The molecular formula is C22H30. The average molecular weight is 294 g/mol. The van der Waals surface area contributed by atoms with Crippen LogP contribution in [0, 0.1) is 62.3 Å². The van der Waals surface area contributed by atoms with Crippen LogP contribution in [0.3, 0.4) is 0 Å². The Kier molecular flexibility index (Phi) is 4.52. The molecule has 0 aromatic heterocycles. The first-order valence-electron chi connectivity index (χ1n) is 8.28. The van der Waals surface area contributed by atoms with Gasteiger partial charge in [-0.2, -0.15) is 0 Å². The van der Waals surface area contributed by atoms with Gasteiger partial charge < -0.3 is 0 Å². The maximum absolute atomic E-state index is 2.32.